The molecule has 0 amide bonds. The third kappa shape index (κ3) is 4.99. The highest BCUT2D eigenvalue weighted by atomic mass is 31.1. The molecule has 0 saturated heterocycles. The average molecular weight is 419 g/mol. The fraction of sp³-hybridized carbons (Fsp3) is 0.296. The smallest absolute Gasteiger partial charge is 0.160 e. The van der Waals surface area contributed by atoms with Crippen molar-refractivity contribution in [2.24, 2.45) is 0 Å². The SMILES string of the molecule is CCC(C)(Pc1ccc(C)cc1C(C)=O)c1cccc(C)c1OCc1ccccc1. The lowest BCUT2D eigenvalue weighted by molar-refractivity contribution is 0.101. The van der Waals surface area contributed by atoms with Gasteiger partial charge < -0.3 is 4.74 Å². The summed E-state index contributed by atoms with van der Waals surface area (Å²) in [6, 6.07) is 22.9. The summed E-state index contributed by atoms with van der Waals surface area (Å²) in [6.45, 7) is 10.9. The van der Waals surface area contributed by atoms with Gasteiger partial charge >= 0.3 is 0 Å². The minimum atomic E-state index is -0.114. The van der Waals surface area contributed by atoms with E-state index < -0.39 is 0 Å². The van der Waals surface area contributed by atoms with E-state index in [2.05, 4.69) is 63.2 Å². The molecule has 3 rings (SSSR count). The van der Waals surface area contributed by atoms with Crippen molar-refractivity contribution >= 4 is 19.7 Å². The fourth-order valence-corrected chi connectivity index (χ4v) is 5.36. The molecule has 30 heavy (non-hydrogen) atoms. The largest absolute Gasteiger partial charge is 0.488 e. The number of benzene rings is 3. The van der Waals surface area contributed by atoms with E-state index in [-0.39, 0.29) is 10.9 Å². The van der Waals surface area contributed by atoms with Gasteiger partial charge in [0.25, 0.3) is 0 Å². The molecular formula is C27H31O2P. The molecule has 2 atom stereocenters. The van der Waals surface area contributed by atoms with Gasteiger partial charge in [0.2, 0.25) is 0 Å². The summed E-state index contributed by atoms with van der Waals surface area (Å²) in [6.07, 6.45) is 0.960. The number of para-hydroxylation sites is 1. The first-order valence-electron chi connectivity index (χ1n) is 10.5. The van der Waals surface area contributed by atoms with Crippen LogP contribution in [0.25, 0.3) is 0 Å². The van der Waals surface area contributed by atoms with Gasteiger partial charge in [0.15, 0.2) is 5.78 Å². The third-order valence-electron chi connectivity index (χ3n) is 5.70. The zero-order valence-electron chi connectivity index (χ0n) is 18.6. The molecule has 0 N–H and O–H groups in total. The van der Waals surface area contributed by atoms with Crippen molar-refractivity contribution in [1.82, 2.24) is 0 Å². The van der Waals surface area contributed by atoms with Gasteiger partial charge in [0.1, 0.15) is 12.4 Å². The van der Waals surface area contributed by atoms with Crippen molar-refractivity contribution < 1.29 is 9.53 Å². The molecule has 2 unspecified atom stereocenters. The van der Waals surface area contributed by atoms with Crippen LogP contribution in [0.5, 0.6) is 5.75 Å². The minimum Gasteiger partial charge on any atom is -0.488 e. The number of rotatable bonds is 8. The van der Waals surface area contributed by atoms with E-state index in [0.29, 0.717) is 15.2 Å². The van der Waals surface area contributed by atoms with E-state index in [1.54, 1.807) is 6.92 Å². The van der Waals surface area contributed by atoms with Crippen molar-refractivity contribution in [3.63, 3.8) is 0 Å². The quantitative estimate of drug-likeness (QED) is 0.300. The number of Topliss-reactive ketones (excluding diaryl/α,β-unsaturated/α-hetero) is 1. The van der Waals surface area contributed by atoms with Crippen molar-refractivity contribution in [3.05, 3.63) is 94.5 Å². The Hall–Kier alpha value is -2.44. The summed E-state index contributed by atoms with van der Waals surface area (Å²) in [5, 5.41) is 1.02. The maximum atomic E-state index is 12.3. The molecule has 0 aliphatic rings. The van der Waals surface area contributed by atoms with Gasteiger partial charge in [0, 0.05) is 16.3 Å². The van der Waals surface area contributed by atoms with Gasteiger partial charge in [-0.2, -0.15) is 0 Å². The Morgan fingerprint density at radius 3 is 2.40 bits per heavy atom. The van der Waals surface area contributed by atoms with E-state index in [1.165, 1.54) is 5.56 Å². The van der Waals surface area contributed by atoms with Crippen molar-refractivity contribution in [3.8, 4) is 5.75 Å². The summed E-state index contributed by atoms with van der Waals surface area (Å²) < 4.78 is 6.37. The highest BCUT2D eigenvalue weighted by Crippen LogP contribution is 2.48. The molecule has 0 aliphatic carbocycles. The standard InChI is InChI=1S/C27H31O2P/c1-6-27(5,30-25-16-15-19(2)17-23(25)21(4)28)24-14-10-11-20(3)26(24)29-18-22-12-8-7-9-13-22/h7-17,30H,6,18H2,1-5H3. The van der Waals surface area contributed by atoms with Crippen LogP contribution in [0.3, 0.4) is 0 Å². The van der Waals surface area contributed by atoms with Crippen LogP contribution in [0.4, 0.5) is 0 Å². The molecule has 3 heteroatoms. The summed E-state index contributed by atoms with van der Waals surface area (Å²) in [5.41, 5.74) is 5.48. The van der Waals surface area contributed by atoms with E-state index >= 15 is 0 Å². The Morgan fingerprint density at radius 2 is 1.73 bits per heavy atom. The number of carbonyl (C=O) groups is 1. The number of ketones is 1. The van der Waals surface area contributed by atoms with E-state index in [4.69, 9.17) is 4.74 Å². The zero-order chi connectivity index (χ0) is 21.7. The Balaban J connectivity index is 1.98. The number of hydrogen-bond donors (Lipinski definition) is 0. The number of aryl methyl sites for hydroxylation is 2. The fourth-order valence-electron chi connectivity index (χ4n) is 3.71. The first kappa shape index (κ1) is 22.2. The molecular weight excluding hydrogens is 387 g/mol. The Labute approximate surface area is 182 Å². The maximum absolute atomic E-state index is 12.3. The van der Waals surface area contributed by atoms with Crippen LogP contribution in [0, 0.1) is 13.8 Å². The van der Waals surface area contributed by atoms with Gasteiger partial charge in [0.05, 0.1) is 0 Å². The molecule has 0 aliphatic heterocycles. The van der Waals surface area contributed by atoms with Crippen LogP contribution < -0.4 is 10.0 Å². The topological polar surface area (TPSA) is 26.3 Å². The maximum Gasteiger partial charge on any atom is 0.160 e. The lowest BCUT2D eigenvalue weighted by Gasteiger charge is -2.32. The van der Waals surface area contributed by atoms with Gasteiger partial charge in [-0.25, -0.2) is 0 Å². The Morgan fingerprint density at radius 1 is 1.00 bits per heavy atom. The molecule has 3 aromatic rings. The van der Waals surface area contributed by atoms with Gasteiger partial charge in [-0.3, -0.25) is 4.79 Å². The molecule has 0 spiro atoms. The van der Waals surface area contributed by atoms with Crippen molar-refractivity contribution in [2.75, 3.05) is 0 Å². The van der Waals surface area contributed by atoms with Gasteiger partial charge in [-0.05, 0) is 49.7 Å². The normalized spacial score (nSPS) is 13.4. The number of ether oxygens (including phenoxy) is 1. The van der Waals surface area contributed by atoms with E-state index in [1.807, 2.05) is 31.2 Å². The summed E-state index contributed by atoms with van der Waals surface area (Å²) in [7, 11) is 0.477. The second-order valence-electron chi connectivity index (χ2n) is 8.14. The van der Waals surface area contributed by atoms with Crippen LogP contribution in [-0.2, 0) is 11.8 Å². The molecule has 0 saturated carbocycles. The Bertz CT molecular complexity index is 1030. The van der Waals surface area contributed by atoms with Gasteiger partial charge in [-0.15, -0.1) is 0 Å². The molecule has 2 nitrogen and oxygen atoms in total. The highest BCUT2D eigenvalue weighted by Gasteiger charge is 2.30. The number of hydrogen-bond acceptors (Lipinski definition) is 2. The number of carbonyl (C=O) groups excluding carboxylic acids is 1. The molecule has 0 fully saturated rings. The van der Waals surface area contributed by atoms with Crippen molar-refractivity contribution in [1.29, 1.82) is 0 Å². The van der Waals surface area contributed by atoms with E-state index in [0.717, 1.165) is 39.7 Å². The predicted molar refractivity (Wildman–Crippen MR) is 129 cm³/mol. The van der Waals surface area contributed by atoms with Crippen LogP contribution >= 0.6 is 8.58 Å². The first-order valence-corrected chi connectivity index (χ1v) is 11.5. The van der Waals surface area contributed by atoms with Crippen LogP contribution in [0.15, 0.2) is 66.7 Å². The summed E-state index contributed by atoms with van der Waals surface area (Å²) in [4.78, 5) is 12.3. The van der Waals surface area contributed by atoms with Crippen LogP contribution in [0.2, 0.25) is 0 Å². The van der Waals surface area contributed by atoms with Crippen LogP contribution in [0.1, 0.15) is 59.8 Å². The molecule has 0 radical (unpaired) electrons. The minimum absolute atomic E-state index is 0.114. The van der Waals surface area contributed by atoms with Gasteiger partial charge in [-0.1, -0.05) is 88.7 Å². The van der Waals surface area contributed by atoms with E-state index in [9.17, 15) is 4.79 Å². The first-order chi connectivity index (χ1) is 14.3. The molecule has 0 bridgehead atoms. The molecule has 3 aromatic carbocycles. The second-order valence-corrected chi connectivity index (χ2v) is 10.0. The average Bonchev–Trinajstić information content (AvgIpc) is 2.74. The highest BCUT2D eigenvalue weighted by molar-refractivity contribution is 7.48. The third-order valence-corrected chi connectivity index (χ3v) is 7.58. The zero-order valence-corrected chi connectivity index (χ0v) is 19.6. The monoisotopic (exact) mass is 418 g/mol. The Kier molecular flexibility index (Phi) is 7.10. The second kappa shape index (κ2) is 9.58. The lowest BCUT2D eigenvalue weighted by atomic mass is 9.94. The summed E-state index contributed by atoms with van der Waals surface area (Å²) >= 11 is 0. The molecule has 0 heterocycles. The lowest BCUT2D eigenvalue weighted by Crippen LogP contribution is -2.22. The molecule has 156 valence electrons. The van der Waals surface area contributed by atoms with Crippen molar-refractivity contribution in [2.45, 2.75) is 52.8 Å². The van der Waals surface area contributed by atoms with Crippen LogP contribution in [-0.4, -0.2) is 5.78 Å². The summed E-state index contributed by atoms with van der Waals surface area (Å²) in [5.74, 6) is 1.10. The predicted octanol–water partition coefficient (Wildman–Crippen LogP) is 6.71. The molecule has 0 aromatic heterocycles.